The van der Waals surface area contributed by atoms with Crippen molar-refractivity contribution in [3.05, 3.63) is 0 Å². The molecule has 200 valence electrons. The number of amides is 4. The number of rotatable bonds is 8. The van der Waals surface area contributed by atoms with E-state index in [1.165, 1.54) is 0 Å². The predicted molar refractivity (Wildman–Crippen MR) is 113 cm³/mol. The molecule has 4 amide bonds. The number of halogens is 5. The molecule has 2 aliphatic heterocycles. The molecule has 3 fully saturated rings. The van der Waals surface area contributed by atoms with Crippen LogP contribution < -0.4 is 16.0 Å². The summed E-state index contributed by atoms with van der Waals surface area (Å²) in [5.41, 5.74) is 0. The van der Waals surface area contributed by atoms with Crippen molar-refractivity contribution < 1.29 is 41.1 Å². The fourth-order valence-electron chi connectivity index (χ4n) is 4.72. The van der Waals surface area contributed by atoms with E-state index in [0.717, 1.165) is 11.3 Å². The van der Waals surface area contributed by atoms with Crippen LogP contribution in [0, 0.1) is 23.2 Å². The molecule has 3 N–H and O–H groups in total. The van der Waals surface area contributed by atoms with Gasteiger partial charge in [0.1, 0.15) is 18.1 Å². The van der Waals surface area contributed by atoms with E-state index in [9.17, 15) is 46.4 Å². The number of carbonyl (C=O) groups excluding carboxylic acids is 4. The van der Waals surface area contributed by atoms with Gasteiger partial charge in [-0.15, -0.1) is 0 Å². The van der Waals surface area contributed by atoms with E-state index in [2.05, 4.69) is 10.6 Å². The monoisotopic (exact) mass is 521 g/mol. The molecule has 4 atom stereocenters. The van der Waals surface area contributed by atoms with Crippen LogP contribution in [-0.4, -0.2) is 71.8 Å². The summed E-state index contributed by atoms with van der Waals surface area (Å²) in [4.78, 5) is 50.3. The molecule has 0 aromatic heterocycles. The van der Waals surface area contributed by atoms with Crippen LogP contribution >= 0.6 is 0 Å². The highest BCUT2D eigenvalue weighted by molar-refractivity contribution is 5.93. The zero-order chi connectivity index (χ0) is 26.7. The van der Waals surface area contributed by atoms with Crippen LogP contribution in [0.1, 0.15) is 51.4 Å². The Balaban J connectivity index is 1.76. The molecule has 1 aliphatic carbocycles. The maximum atomic E-state index is 14.2. The van der Waals surface area contributed by atoms with Crippen molar-refractivity contribution in [1.82, 2.24) is 20.9 Å². The van der Waals surface area contributed by atoms with E-state index in [1.807, 2.05) is 0 Å². The first kappa shape index (κ1) is 27.6. The van der Waals surface area contributed by atoms with Crippen LogP contribution in [0.4, 0.5) is 22.0 Å². The number of piperidine rings is 1. The molecule has 2 heterocycles. The van der Waals surface area contributed by atoms with E-state index in [-0.39, 0.29) is 24.7 Å². The Morgan fingerprint density at radius 1 is 1.17 bits per heavy atom. The molecule has 0 radical (unpaired) electrons. The Hall–Kier alpha value is -2.98. The van der Waals surface area contributed by atoms with Gasteiger partial charge >= 0.3 is 12.1 Å². The Labute approximate surface area is 204 Å². The third kappa shape index (κ3) is 6.82. The van der Waals surface area contributed by atoms with Crippen molar-refractivity contribution in [3.8, 4) is 6.07 Å². The summed E-state index contributed by atoms with van der Waals surface area (Å²) in [7, 11) is 0. The zero-order valence-corrected chi connectivity index (χ0v) is 19.4. The summed E-state index contributed by atoms with van der Waals surface area (Å²) < 4.78 is 67.1. The van der Waals surface area contributed by atoms with Crippen molar-refractivity contribution in [1.29, 1.82) is 5.26 Å². The topological polar surface area (TPSA) is 131 Å². The van der Waals surface area contributed by atoms with Crippen molar-refractivity contribution in [2.75, 3.05) is 13.1 Å². The molecule has 0 aromatic carbocycles. The van der Waals surface area contributed by atoms with Crippen LogP contribution in [0.2, 0.25) is 0 Å². The minimum absolute atomic E-state index is 0.0585. The van der Waals surface area contributed by atoms with E-state index in [1.54, 1.807) is 11.4 Å². The molecule has 9 nitrogen and oxygen atoms in total. The first-order chi connectivity index (χ1) is 16.8. The zero-order valence-electron chi connectivity index (χ0n) is 19.4. The number of hydrogen-bond acceptors (Lipinski definition) is 5. The van der Waals surface area contributed by atoms with E-state index >= 15 is 0 Å². The van der Waals surface area contributed by atoms with Crippen LogP contribution in [0.5, 0.6) is 0 Å². The minimum Gasteiger partial charge on any atom is -0.356 e. The molecule has 3 aliphatic rings. The highest BCUT2D eigenvalue weighted by Gasteiger charge is 2.48. The van der Waals surface area contributed by atoms with Gasteiger partial charge in [0.05, 0.1) is 6.07 Å². The molecule has 1 saturated carbocycles. The fourth-order valence-corrected chi connectivity index (χ4v) is 4.72. The number of hydrogen-bond donors (Lipinski definition) is 3. The third-order valence-electron chi connectivity index (χ3n) is 6.98. The average Bonchev–Trinajstić information content (AvgIpc) is 3.17. The number of nitrogens with one attached hydrogen (secondary N) is 3. The van der Waals surface area contributed by atoms with E-state index in [0.29, 0.717) is 25.8 Å². The largest absolute Gasteiger partial charge is 0.471 e. The third-order valence-corrected chi connectivity index (χ3v) is 6.98. The summed E-state index contributed by atoms with van der Waals surface area (Å²) in [6, 6.07) is -2.79. The van der Waals surface area contributed by atoms with Gasteiger partial charge in [0.2, 0.25) is 17.7 Å². The van der Waals surface area contributed by atoms with Crippen molar-refractivity contribution in [3.63, 3.8) is 0 Å². The van der Waals surface area contributed by atoms with Gasteiger partial charge in [-0.05, 0) is 25.2 Å². The average molecular weight is 521 g/mol. The van der Waals surface area contributed by atoms with Crippen LogP contribution in [0.3, 0.4) is 0 Å². The maximum Gasteiger partial charge on any atom is 0.471 e. The molecule has 14 heteroatoms. The molecule has 0 bridgehead atoms. The van der Waals surface area contributed by atoms with Crippen LogP contribution in [0.15, 0.2) is 0 Å². The van der Waals surface area contributed by atoms with E-state index in [4.69, 9.17) is 0 Å². The molecule has 36 heavy (non-hydrogen) atoms. The number of likely N-dealkylation sites (tertiary alicyclic amines) is 1. The molecule has 0 aromatic rings. The van der Waals surface area contributed by atoms with Gasteiger partial charge < -0.3 is 20.9 Å². The first-order valence-corrected chi connectivity index (χ1v) is 11.8. The maximum absolute atomic E-state index is 14.2. The Morgan fingerprint density at radius 2 is 1.86 bits per heavy atom. The predicted octanol–water partition coefficient (Wildman–Crippen LogP) is 1.38. The van der Waals surface area contributed by atoms with Crippen LogP contribution in [0.25, 0.3) is 0 Å². The molecular formula is C22H28F5N5O4. The van der Waals surface area contributed by atoms with Crippen molar-refractivity contribution >= 4 is 23.6 Å². The first-order valence-electron chi connectivity index (χ1n) is 11.8. The van der Waals surface area contributed by atoms with Crippen LogP contribution in [-0.2, 0) is 19.2 Å². The molecular weight excluding hydrogens is 493 g/mol. The lowest BCUT2D eigenvalue weighted by molar-refractivity contribution is -0.176. The highest BCUT2D eigenvalue weighted by Crippen LogP contribution is 2.35. The Bertz CT molecular complexity index is 917. The van der Waals surface area contributed by atoms with Gasteiger partial charge in [0.25, 0.3) is 5.92 Å². The summed E-state index contributed by atoms with van der Waals surface area (Å²) >= 11 is 0. The molecule has 0 unspecified atom stereocenters. The number of alkyl halides is 5. The van der Waals surface area contributed by atoms with Gasteiger partial charge in [-0.1, -0.05) is 19.3 Å². The van der Waals surface area contributed by atoms with Gasteiger partial charge in [0, 0.05) is 31.8 Å². The number of carbonyl (C=O) groups is 4. The molecule has 3 rings (SSSR count). The molecule has 2 saturated heterocycles. The SMILES string of the molecule is N#C[C@H](C[C@@H]1CCNC1=O)NC(=O)[C@@H]1CC(F)(F)CCN1C(=O)[C@@H](CC1CCC1)NC(=O)C(F)(F)F. The van der Waals surface area contributed by atoms with Gasteiger partial charge in [-0.25, -0.2) is 8.78 Å². The number of nitrogens with zero attached hydrogens (tertiary/aromatic N) is 2. The minimum atomic E-state index is -5.25. The Kier molecular flexibility index (Phi) is 8.40. The fraction of sp³-hybridized carbons (Fsp3) is 0.773. The van der Waals surface area contributed by atoms with Crippen molar-refractivity contribution in [2.24, 2.45) is 11.8 Å². The number of nitriles is 1. The lowest BCUT2D eigenvalue weighted by Gasteiger charge is -2.41. The second kappa shape index (κ2) is 11.0. The summed E-state index contributed by atoms with van der Waals surface area (Å²) in [6.07, 6.45) is -4.79. The van der Waals surface area contributed by atoms with Gasteiger partial charge in [-0.2, -0.15) is 18.4 Å². The van der Waals surface area contributed by atoms with Gasteiger partial charge in [0.15, 0.2) is 0 Å². The van der Waals surface area contributed by atoms with Crippen molar-refractivity contribution in [2.45, 2.75) is 81.6 Å². The molecule has 0 spiro atoms. The highest BCUT2D eigenvalue weighted by atomic mass is 19.4. The summed E-state index contributed by atoms with van der Waals surface area (Å²) in [6.45, 7) is -0.214. The van der Waals surface area contributed by atoms with E-state index < -0.39 is 73.3 Å². The van der Waals surface area contributed by atoms with Gasteiger partial charge in [-0.3, -0.25) is 19.2 Å². The smallest absolute Gasteiger partial charge is 0.356 e. The normalized spacial score (nSPS) is 25.7. The second-order valence-electron chi connectivity index (χ2n) is 9.62. The lowest BCUT2D eigenvalue weighted by atomic mass is 9.80. The standard InChI is InChI=1S/C22H28F5N5O4/c23-21(24)5-7-32(19(35)15(8-12-2-1-3-12)31-20(36)22(25,26)27)16(10-21)18(34)30-14(11-28)9-13-4-6-29-17(13)33/h12-16H,1-10H2,(H,29,33)(H,30,34)(H,31,36)/t13-,14-,15+,16-/m0/s1. The Morgan fingerprint density at radius 3 is 2.39 bits per heavy atom. The second-order valence-corrected chi connectivity index (χ2v) is 9.62. The lowest BCUT2D eigenvalue weighted by Crippen LogP contribution is -2.62. The quantitative estimate of drug-likeness (QED) is 0.416. The summed E-state index contributed by atoms with van der Waals surface area (Å²) in [5, 5.41) is 16.0. The summed E-state index contributed by atoms with van der Waals surface area (Å²) in [5.74, 6) is -8.76.